The minimum absolute atomic E-state index is 0.103. The lowest BCUT2D eigenvalue weighted by atomic mass is 10.2. The number of nitro groups is 1. The van der Waals surface area contributed by atoms with Crippen molar-refractivity contribution in [3.8, 4) is 0 Å². The molecule has 20 heavy (non-hydrogen) atoms. The van der Waals surface area contributed by atoms with Crippen LogP contribution in [0.3, 0.4) is 0 Å². The average molecular weight is 282 g/mol. The zero-order valence-corrected chi connectivity index (χ0v) is 10.5. The van der Waals surface area contributed by atoms with Crippen LogP contribution in [-0.4, -0.2) is 33.4 Å². The quantitative estimate of drug-likeness (QED) is 0.362. The summed E-state index contributed by atoms with van der Waals surface area (Å²) in [5.74, 6) is -1.78. The smallest absolute Gasteiger partial charge is 0.354 e. The summed E-state index contributed by atoms with van der Waals surface area (Å²) in [6.45, 7) is 0.324. The van der Waals surface area contributed by atoms with Crippen LogP contribution in [0.2, 0.25) is 0 Å². The number of carboxylic acid groups (broad SMARTS) is 1. The SMILES string of the molecule is NC(=O)CCCCNc1nc(C(=O)O)ccc1[N+](=O)[O-]. The molecule has 0 fully saturated rings. The van der Waals surface area contributed by atoms with E-state index in [2.05, 4.69) is 10.3 Å². The van der Waals surface area contributed by atoms with Gasteiger partial charge in [0.1, 0.15) is 0 Å². The minimum atomic E-state index is -1.27. The topological polar surface area (TPSA) is 148 Å². The van der Waals surface area contributed by atoms with Gasteiger partial charge in [0.2, 0.25) is 11.7 Å². The monoisotopic (exact) mass is 282 g/mol. The third kappa shape index (κ3) is 4.52. The summed E-state index contributed by atoms with van der Waals surface area (Å²) in [6, 6.07) is 2.15. The van der Waals surface area contributed by atoms with Crippen LogP contribution in [0, 0.1) is 10.1 Å². The zero-order valence-electron chi connectivity index (χ0n) is 10.5. The van der Waals surface area contributed by atoms with Crippen LogP contribution < -0.4 is 11.1 Å². The second-order valence-electron chi connectivity index (χ2n) is 3.98. The Morgan fingerprint density at radius 3 is 2.65 bits per heavy atom. The number of aromatic nitrogens is 1. The van der Waals surface area contributed by atoms with Gasteiger partial charge in [-0.1, -0.05) is 0 Å². The normalized spacial score (nSPS) is 10.0. The summed E-state index contributed by atoms with van der Waals surface area (Å²) in [5.41, 5.74) is 4.39. The number of nitrogens with zero attached hydrogens (tertiary/aromatic N) is 2. The predicted octanol–water partition coefficient (Wildman–Crippen LogP) is 0.755. The van der Waals surface area contributed by atoms with E-state index in [0.29, 0.717) is 19.4 Å². The van der Waals surface area contributed by atoms with Crippen molar-refractivity contribution >= 4 is 23.4 Å². The lowest BCUT2D eigenvalue weighted by Crippen LogP contribution is -2.12. The molecular formula is C11H14N4O5. The molecular weight excluding hydrogens is 268 g/mol. The molecule has 0 spiro atoms. The standard InChI is InChI=1S/C11H14N4O5/c12-9(16)3-1-2-6-13-10-8(15(19)20)5-4-7(14-10)11(17)18/h4-5H,1-3,6H2,(H2,12,16)(H,13,14)(H,17,18). The minimum Gasteiger partial charge on any atom is -0.477 e. The summed E-state index contributed by atoms with van der Waals surface area (Å²) in [6.07, 6.45) is 1.32. The molecule has 0 atom stereocenters. The van der Waals surface area contributed by atoms with E-state index in [0.717, 1.165) is 12.1 Å². The molecule has 0 aliphatic heterocycles. The third-order valence-electron chi connectivity index (χ3n) is 2.43. The fraction of sp³-hybridized carbons (Fsp3) is 0.364. The molecule has 9 heteroatoms. The zero-order chi connectivity index (χ0) is 15.1. The number of nitrogens with one attached hydrogen (secondary N) is 1. The van der Waals surface area contributed by atoms with Crippen LogP contribution in [0.4, 0.5) is 11.5 Å². The number of carbonyl (C=O) groups is 2. The molecule has 0 aliphatic rings. The number of hydrogen-bond acceptors (Lipinski definition) is 6. The van der Waals surface area contributed by atoms with Gasteiger partial charge in [-0.3, -0.25) is 14.9 Å². The van der Waals surface area contributed by atoms with E-state index in [1.807, 2.05) is 0 Å². The van der Waals surface area contributed by atoms with E-state index in [1.54, 1.807) is 0 Å². The van der Waals surface area contributed by atoms with Crippen molar-refractivity contribution < 1.29 is 19.6 Å². The Morgan fingerprint density at radius 1 is 1.40 bits per heavy atom. The Kier molecular flexibility index (Phi) is 5.39. The molecule has 1 heterocycles. The van der Waals surface area contributed by atoms with Crippen molar-refractivity contribution in [2.75, 3.05) is 11.9 Å². The van der Waals surface area contributed by atoms with Gasteiger partial charge in [-0.15, -0.1) is 0 Å². The molecule has 0 saturated carbocycles. The van der Waals surface area contributed by atoms with Crippen molar-refractivity contribution in [3.63, 3.8) is 0 Å². The molecule has 0 radical (unpaired) electrons. The van der Waals surface area contributed by atoms with E-state index < -0.39 is 16.8 Å². The van der Waals surface area contributed by atoms with Gasteiger partial charge in [-0.25, -0.2) is 9.78 Å². The first-order valence-electron chi connectivity index (χ1n) is 5.82. The van der Waals surface area contributed by atoms with E-state index >= 15 is 0 Å². The lowest BCUT2D eigenvalue weighted by molar-refractivity contribution is -0.384. The van der Waals surface area contributed by atoms with Gasteiger partial charge in [0.25, 0.3) is 0 Å². The number of hydrogen-bond donors (Lipinski definition) is 3. The largest absolute Gasteiger partial charge is 0.477 e. The Bertz CT molecular complexity index is 532. The van der Waals surface area contributed by atoms with Crippen molar-refractivity contribution in [1.82, 2.24) is 4.98 Å². The van der Waals surface area contributed by atoms with Crippen LogP contribution >= 0.6 is 0 Å². The molecule has 0 aromatic carbocycles. The lowest BCUT2D eigenvalue weighted by Gasteiger charge is -2.06. The Hall–Kier alpha value is -2.71. The molecule has 0 aliphatic carbocycles. The van der Waals surface area contributed by atoms with Gasteiger partial charge in [-0.05, 0) is 18.9 Å². The second-order valence-corrected chi connectivity index (χ2v) is 3.98. The maximum absolute atomic E-state index is 10.8. The van der Waals surface area contributed by atoms with Crippen LogP contribution in [0.1, 0.15) is 29.8 Å². The van der Waals surface area contributed by atoms with E-state index in [9.17, 15) is 19.7 Å². The molecule has 0 bridgehead atoms. The van der Waals surface area contributed by atoms with Crippen molar-refractivity contribution in [2.45, 2.75) is 19.3 Å². The summed E-state index contributed by atoms with van der Waals surface area (Å²) < 4.78 is 0. The number of amides is 1. The fourth-order valence-electron chi connectivity index (χ4n) is 1.48. The number of carboxylic acids is 1. The van der Waals surface area contributed by atoms with E-state index in [4.69, 9.17) is 10.8 Å². The molecule has 9 nitrogen and oxygen atoms in total. The molecule has 0 saturated heterocycles. The number of aromatic carboxylic acids is 1. The van der Waals surface area contributed by atoms with E-state index in [1.165, 1.54) is 0 Å². The number of nitrogens with two attached hydrogens (primary N) is 1. The number of unbranched alkanes of at least 4 members (excludes halogenated alkanes) is 1. The van der Waals surface area contributed by atoms with Gasteiger partial charge in [0, 0.05) is 19.0 Å². The number of carbonyl (C=O) groups excluding carboxylic acids is 1. The molecule has 1 aromatic heterocycles. The van der Waals surface area contributed by atoms with Crippen LogP contribution in [0.15, 0.2) is 12.1 Å². The van der Waals surface area contributed by atoms with Gasteiger partial charge < -0.3 is 16.2 Å². The Labute approximate surface area is 114 Å². The van der Waals surface area contributed by atoms with Crippen molar-refractivity contribution in [1.29, 1.82) is 0 Å². The highest BCUT2D eigenvalue weighted by Gasteiger charge is 2.17. The van der Waals surface area contributed by atoms with Crippen LogP contribution in [0.25, 0.3) is 0 Å². The number of pyridine rings is 1. The predicted molar refractivity (Wildman–Crippen MR) is 69.4 cm³/mol. The molecule has 1 aromatic rings. The van der Waals surface area contributed by atoms with Crippen molar-refractivity contribution in [3.05, 3.63) is 27.9 Å². The Morgan fingerprint density at radius 2 is 2.10 bits per heavy atom. The molecule has 0 unspecified atom stereocenters. The highest BCUT2D eigenvalue weighted by molar-refractivity contribution is 5.86. The highest BCUT2D eigenvalue weighted by atomic mass is 16.6. The van der Waals surface area contributed by atoms with Crippen molar-refractivity contribution in [2.24, 2.45) is 5.73 Å². The average Bonchev–Trinajstić information content (AvgIpc) is 2.37. The van der Waals surface area contributed by atoms with Crippen LogP contribution in [-0.2, 0) is 4.79 Å². The maximum Gasteiger partial charge on any atom is 0.354 e. The van der Waals surface area contributed by atoms with Gasteiger partial charge in [-0.2, -0.15) is 0 Å². The van der Waals surface area contributed by atoms with Crippen LogP contribution in [0.5, 0.6) is 0 Å². The molecule has 4 N–H and O–H groups in total. The molecule has 1 rings (SSSR count). The third-order valence-corrected chi connectivity index (χ3v) is 2.43. The van der Waals surface area contributed by atoms with Gasteiger partial charge in [0.05, 0.1) is 4.92 Å². The van der Waals surface area contributed by atoms with E-state index in [-0.39, 0.29) is 23.6 Å². The number of anilines is 1. The summed E-state index contributed by atoms with van der Waals surface area (Å²) >= 11 is 0. The highest BCUT2D eigenvalue weighted by Crippen LogP contribution is 2.22. The van der Waals surface area contributed by atoms with Gasteiger partial charge >= 0.3 is 11.7 Å². The number of primary amides is 1. The summed E-state index contributed by atoms with van der Waals surface area (Å²) in [7, 11) is 0. The Balaban J connectivity index is 2.70. The fourth-order valence-corrected chi connectivity index (χ4v) is 1.48. The molecule has 1 amide bonds. The first-order chi connectivity index (χ1) is 9.41. The summed E-state index contributed by atoms with van der Waals surface area (Å²) in [4.78, 5) is 35.1. The first-order valence-corrected chi connectivity index (χ1v) is 5.82. The molecule has 108 valence electrons. The second kappa shape index (κ2) is 7.02. The van der Waals surface area contributed by atoms with Gasteiger partial charge in [0.15, 0.2) is 5.69 Å². The summed E-state index contributed by atoms with van der Waals surface area (Å²) in [5, 5.41) is 22.3. The number of rotatable bonds is 8. The maximum atomic E-state index is 10.8. The first kappa shape index (κ1) is 15.3.